The second kappa shape index (κ2) is 11.4. The number of halogens is 1. The molecule has 0 spiro atoms. The lowest BCUT2D eigenvalue weighted by atomic mass is 10.1. The molecule has 2 atom stereocenters. The van der Waals surface area contributed by atoms with Gasteiger partial charge in [-0.15, -0.1) is 0 Å². The Morgan fingerprint density at radius 3 is 2.76 bits per heavy atom. The molecule has 0 N–H and O–H groups in total. The number of aromatic nitrogens is 3. The summed E-state index contributed by atoms with van der Waals surface area (Å²) in [5.41, 5.74) is 2.81. The van der Waals surface area contributed by atoms with Gasteiger partial charge in [0.1, 0.15) is 12.4 Å². The lowest BCUT2D eigenvalue weighted by molar-refractivity contribution is -0.126. The molecule has 1 amide bonds. The lowest BCUT2D eigenvalue weighted by Gasteiger charge is -2.40. The Balaban J connectivity index is 1.40. The molecule has 2 fully saturated rings. The number of nitrogens with zero attached hydrogens (tertiary/aromatic N) is 7. The average molecular weight is 542 g/mol. The van der Waals surface area contributed by atoms with E-state index in [1.807, 2.05) is 11.0 Å². The van der Waals surface area contributed by atoms with E-state index in [0.29, 0.717) is 68.8 Å². The second-order valence-corrected chi connectivity index (χ2v) is 10.7. The summed E-state index contributed by atoms with van der Waals surface area (Å²) in [5, 5.41) is 0.606. The van der Waals surface area contributed by atoms with E-state index in [4.69, 9.17) is 31.0 Å². The minimum Gasteiger partial charge on any atom is -0.481 e. The number of likely N-dealkylation sites (N-methyl/N-ethyl adjacent to an activating group) is 1. The van der Waals surface area contributed by atoms with Crippen LogP contribution in [-0.2, 0) is 24.4 Å². The minimum atomic E-state index is -0.0389. The molecule has 0 aromatic carbocycles. The Morgan fingerprint density at radius 1 is 1.21 bits per heavy atom. The zero-order valence-electron chi connectivity index (χ0n) is 22.4. The molecule has 0 bridgehead atoms. The van der Waals surface area contributed by atoms with Crippen molar-refractivity contribution in [3.05, 3.63) is 46.8 Å². The predicted octanol–water partition coefficient (Wildman–Crippen LogP) is 2.75. The minimum absolute atomic E-state index is 0.0389. The number of likely N-dealkylation sites (tertiary alicyclic amines) is 1. The number of fused-ring (bicyclic) bond motifs is 1. The normalized spacial score (nSPS) is 22.0. The quantitative estimate of drug-likeness (QED) is 0.468. The maximum atomic E-state index is 12.2. The Labute approximate surface area is 229 Å². The summed E-state index contributed by atoms with van der Waals surface area (Å²) in [7, 11) is 3.74. The molecular formula is C27H36ClN7O3. The van der Waals surface area contributed by atoms with Gasteiger partial charge in [-0.2, -0.15) is 9.97 Å². The predicted molar refractivity (Wildman–Crippen MR) is 146 cm³/mol. The number of piperazine rings is 1. The molecule has 3 aliphatic rings. The summed E-state index contributed by atoms with van der Waals surface area (Å²) in [6, 6.07) is 4.45. The monoisotopic (exact) mass is 541 g/mol. The second-order valence-electron chi connectivity index (χ2n) is 10.3. The van der Waals surface area contributed by atoms with Gasteiger partial charge in [-0.1, -0.05) is 18.2 Å². The van der Waals surface area contributed by atoms with E-state index in [1.165, 1.54) is 12.5 Å². The zero-order valence-corrected chi connectivity index (χ0v) is 23.2. The molecule has 5 heterocycles. The zero-order chi connectivity index (χ0) is 26.8. The van der Waals surface area contributed by atoms with E-state index < -0.39 is 0 Å². The fourth-order valence-corrected chi connectivity index (χ4v) is 5.72. The molecule has 0 saturated carbocycles. The number of hydrogen-bond acceptors (Lipinski definition) is 9. The standard InChI is InChI=1S/C27H36ClN7O3/c1-5-25(36)34-11-12-35(18(2)13-34)26-20-14-33(16-23-21(28)8-9-24(29-23)37-4)15-22(20)30-27(31-26)38-17-19-7-6-10-32(19)3/h5,8-9,18-19H,1,6-7,10-17H2,2-4H3. The smallest absolute Gasteiger partial charge is 0.318 e. The number of ether oxygens (including phenoxy) is 2. The first-order valence-corrected chi connectivity index (χ1v) is 13.6. The van der Waals surface area contributed by atoms with Gasteiger partial charge in [0.2, 0.25) is 11.8 Å². The Morgan fingerprint density at radius 2 is 2.05 bits per heavy atom. The summed E-state index contributed by atoms with van der Waals surface area (Å²) in [4.78, 5) is 35.3. The van der Waals surface area contributed by atoms with Crippen LogP contribution in [0.1, 0.15) is 36.7 Å². The van der Waals surface area contributed by atoms with Crippen molar-refractivity contribution in [1.82, 2.24) is 29.7 Å². The van der Waals surface area contributed by atoms with Crippen LogP contribution in [0, 0.1) is 0 Å². The molecule has 2 saturated heterocycles. The lowest BCUT2D eigenvalue weighted by Crippen LogP contribution is -2.54. The van der Waals surface area contributed by atoms with E-state index in [9.17, 15) is 4.79 Å². The number of amides is 1. The summed E-state index contributed by atoms with van der Waals surface area (Å²) in [5.74, 6) is 1.38. The summed E-state index contributed by atoms with van der Waals surface area (Å²) < 4.78 is 11.5. The molecule has 2 aromatic heterocycles. The van der Waals surface area contributed by atoms with Gasteiger partial charge in [0.15, 0.2) is 0 Å². The Bertz CT molecular complexity index is 1200. The highest BCUT2D eigenvalue weighted by Crippen LogP contribution is 2.34. The van der Waals surface area contributed by atoms with Crippen molar-refractivity contribution in [3.63, 3.8) is 0 Å². The van der Waals surface area contributed by atoms with Crippen LogP contribution < -0.4 is 14.4 Å². The van der Waals surface area contributed by atoms with E-state index in [2.05, 4.69) is 40.2 Å². The van der Waals surface area contributed by atoms with Gasteiger partial charge in [-0.25, -0.2) is 4.98 Å². The number of methoxy groups -OCH3 is 1. The van der Waals surface area contributed by atoms with E-state index in [0.717, 1.165) is 35.7 Å². The maximum absolute atomic E-state index is 12.2. The van der Waals surface area contributed by atoms with Crippen LogP contribution >= 0.6 is 11.6 Å². The number of anilines is 1. The fourth-order valence-electron chi connectivity index (χ4n) is 5.56. The third kappa shape index (κ3) is 5.57. The fraction of sp³-hybridized carbons (Fsp3) is 0.556. The van der Waals surface area contributed by atoms with Gasteiger partial charge >= 0.3 is 6.01 Å². The van der Waals surface area contributed by atoms with E-state index >= 15 is 0 Å². The van der Waals surface area contributed by atoms with Gasteiger partial charge in [0, 0.05) is 63.0 Å². The van der Waals surface area contributed by atoms with Crippen molar-refractivity contribution in [2.24, 2.45) is 0 Å². The van der Waals surface area contributed by atoms with E-state index in [-0.39, 0.29) is 11.9 Å². The van der Waals surface area contributed by atoms with Crippen LogP contribution in [0.15, 0.2) is 24.8 Å². The molecule has 10 nitrogen and oxygen atoms in total. The van der Waals surface area contributed by atoms with Crippen molar-refractivity contribution < 1.29 is 14.3 Å². The van der Waals surface area contributed by atoms with Crippen LogP contribution in [0.3, 0.4) is 0 Å². The third-order valence-electron chi connectivity index (χ3n) is 7.74. The van der Waals surface area contributed by atoms with E-state index in [1.54, 1.807) is 13.2 Å². The first kappa shape index (κ1) is 26.6. The van der Waals surface area contributed by atoms with Gasteiger partial charge in [0.05, 0.1) is 23.5 Å². The van der Waals surface area contributed by atoms with Crippen molar-refractivity contribution in [2.45, 2.75) is 51.5 Å². The van der Waals surface area contributed by atoms with Gasteiger partial charge < -0.3 is 24.2 Å². The van der Waals surface area contributed by atoms with Crippen LogP contribution in [0.25, 0.3) is 0 Å². The van der Waals surface area contributed by atoms with Crippen LogP contribution in [0.5, 0.6) is 11.9 Å². The third-order valence-corrected chi connectivity index (χ3v) is 8.09. The highest BCUT2D eigenvalue weighted by molar-refractivity contribution is 6.31. The van der Waals surface area contributed by atoms with Crippen molar-refractivity contribution in [2.75, 3.05) is 51.8 Å². The average Bonchev–Trinajstić information content (AvgIpc) is 3.52. The van der Waals surface area contributed by atoms with Crippen LogP contribution in [0.2, 0.25) is 5.02 Å². The number of rotatable bonds is 8. The Hall–Kier alpha value is -2.95. The molecule has 38 heavy (non-hydrogen) atoms. The van der Waals surface area contributed by atoms with Crippen molar-refractivity contribution >= 4 is 23.3 Å². The first-order chi connectivity index (χ1) is 18.4. The summed E-state index contributed by atoms with van der Waals surface area (Å²) >= 11 is 6.46. The maximum Gasteiger partial charge on any atom is 0.318 e. The number of carbonyl (C=O) groups is 1. The first-order valence-electron chi connectivity index (χ1n) is 13.2. The molecule has 204 valence electrons. The summed E-state index contributed by atoms with van der Waals surface area (Å²) in [6.45, 7) is 11.2. The van der Waals surface area contributed by atoms with Crippen LogP contribution in [0.4, 0.5) is 5.82 Å². The van der Waals surface area contributed by atoms with Gasteiger partial charge in [-0.05, 0) is 45.5 Å². The van der Waals surface area contributed by atoms with Gasteiger partial charge in [0.25, 0.3) is 0 Å². The van der Waals surface area contributed by atoms with Crippen LogP contribution in [-0.4, -0.2) is 94.6 Å². The molecule has 0 radical (unpaired) electrons. The molecule has 2 aromatic rings. The molecule has 3 aliphatic heterocycles. The summed E-state index contributed by atoms with van der Waals surface area (Å²) in [6.07, 6.45) is 3.68. The largest absolute Gasteiger partial charge is 0.481 e. The number of pyridine rings is 1. The highest BCUT2D eigenvalue weighted by atomic mass is 35.5. The van der Waals surface area contributed by atoms with Crippen molar-refractivity contribution in [1.29, 1.82) is 0 Å². The number of hydrogen-bond donors (Lipinski definition) is 0. The molecule has 5 rings (SSSR count). The number of carbonyl (C=O) groups excluding carboxylic acids is 1. The SMILES string of the molecule is C=CC(=O)N1CCN(c2nc(OCC3CCCN3C)nc3c2CN(Cc2nc(OC)ccc2Cl)C3)C(C)C1. The molecule has 2 unspecified atom stereocenters. The molecule has 0 aliphatic carbocycles. The topological polar surface area (TPSA) is 87.2 Å². The van der Waals surface area contributed by atoms with Crippen molar-refractivity contribution in [3.8, 4) is 11.9 Å². The van der Waals surface area contributed by atoms with Gasteiger partial charge in [-0.3, -0.25) is 9.69 Å². The molecular weight excluding hydrogens is 506 g/mol. The molecule has 11 heteroatoms. The highest BCUT2D eigenvalue weighted by Gasteiger charge is 2.33. The Kier molecular flexibility index (Phi) is 8.01.